The molecule has 1 N–H and O–H groups in total. The Labute approximate surface area is 167 Å². The van der Waals surface area contributed by atoms with Crippen LogP contribution in [0.15, 0.2) is 10.6 Å². The number of rotatable bonds is 9. The molecule has 8 heteroatoms. The van der Waals surface area contributed by atoms with Gasteiger partial charge in [-0.2, -0.15) is 0 Å². The van der Waals surface area contributed by atoms with Crippen LogP contribution in [-0.2, 0) is 0 Å². The second-order valence-electron chi connectivity index (χ2n) is 7.90. The van der Waals surface area contributed by atoms with Crippen molar-refractivity contribution >= 4 is 18.0 Å². The molecule has 0 spiro atoms. The molecule has 2 unspecified atom stereocenters. The number of amides is 1. The summed E-state index contributed by atoms with van der Waals surface area (Å²) in [6, 6.07) is 2.42. The Morgan fingerprint density at radius 2 is 2.15 bits per heavy atom. The standard InChI is InChI=1S/C19H33N5O2S/c1-5-22(3)10-11-23(4)27-24-9-8-16(12-14(24)2)20-19(25)17-13-18(26-21-17)15-6-7-15/h13-16H,5-12H2,1-4H3,(H,20,25). The molecule has 1 amide bonds. The lowest BCUT2D eigenvalue weighted by Gasteiger charge is -2.38. The van der Waals surface area contributed by atoms with Crippen molar-refractivity contribution in [3.63, 3.8) is 0 Å². The number of piperidine rings is 1. The molecular formula is C19H33N5O2S. The number of hydrogen-bond donors (Lipinski definition) is 1. The lowest BCUT2D eigenvalue weighted by Crippen LogP contribution is -2.47. The largest absolute Gasteiger partial charge is 0.360 e. The van der Waals surface area contributed by atoms with Gasteiger partial charge in [0, 0.05) is 55.8 Å². The number of likely N-dealkylation sites (N-methyl/N-ethyl adjacent to an activating group) is 2. The lowest BCUT2D eigenvalue weighted by atomic mass is 10.0. The van der Waals surface area contributed by atoms with Gasteiger partial charge in [0.25, 0.3) is 5.91 Å². The van der Waals surface area contributed by atoms with Gasteiger partial charge in [-0.3, -0.25) is 4.79 Å². The Morgan fingerprint density at radius 1 is 1.37 bits per heavy atom. The van der Waals surface area contributed by atoms with E-state index in [4.69, 9.17) is 4.52 Å². The van der Waals surface area contributed by atoms with Gasteiger partial charge in [-0.15, -0.1) is 0 Å². The molecule has 1 aliphatic carbocycles. The lowest BCUT2D eigenvalue weighted by molar-refractivity contribution is 0.0906. The summed E-state index contributed by atoms with van der Waals surface area (Å²) in [5, 5.41) is 7.09. The second-order valence-corrected chi connectivity index (χ2v) is 9.16. The van der Waals surface area contributed by atoms with E-state index in [2.05, 4.69) is 51.9 Å². The zero-order valence-corrected chi connectivity index (χ0v) is 17.8. The van der Waals surface area contributed by atoms with Crippen LogP contribution in [0, 0.1) is 0 Å². The summed E-state index contributed by atoms with van der Waals surface area (Å²) >= 11 is 1.81. The van der Waals surface area contributed by atoms with Gasteiger partial charge in [-0.1, -0.05) is 12.1 Å². The van der Waals surface area contributed by atoms with Gasteiger partial charge < -0.3 is 14.7 Å². The summed E-state index contributed by atoms with van der Waals surface area (Å²) in [7, 11) is 4.30. The van der Waals surface area contributed by atoms with Gasteiger partial charge in [-0.05, 0) is 53.2 Å². The van der Waals surface area contributed by atoms with Crippen LogP contribution < -0.4 is 5.32 Å². The van der Waals surface area contributed by atoms with Gasteiger partial charge in [0.05, 0.1) is 0 Å². The molecule has 2 atom stereocenters. The molecule has 1 saturated heterocycles. The molecule has 2 aliphatic rings. The Kier molecular flexibility index (Phi) is 7.19. The molecule has 3 rings (SSSR count). The van der Waals surface area contributed by atoms with E-state index in [1.54, 1.807) is 0 Å². The van der Waals surface area contributed by atoms with Gasteiger partial charge in [0.2, 0.25) is 0 Å². The Balaban J connectivity index is 1.41. The third-order valence-corrected chi connectivity index (χ3v) is 6.69. The highest BCUT2D eigenvalue weighted by Gasteiger charge is 2.31. The monoisotopic (exact) mass is 395 g/mol. The van der Waals surface area contributed by atoms with E-state index in [-0.39, 0.29) is 11.9 Å². The summed E-state index contributed by atoms with van der Waals surface area (Å²) < 4.78 is 10.0. The van der Waals surface area contributed by atoms with E-state index >= 15 is 0 Å². The zero-order valence-electron chi connectivity index (χ0n) is 17.0. The molecule has 1 aromatic rings. The Hall–Kier alpha value is -1.09. The first-order valence-corrected chi connectivity index (χ1v) is 10.8. The predicted molar refractivity (Wildman–Crippen MR) is 109 cm³/mol. The summed E-state index contributed by atoms with van der Waals surface area (Å²) in [5.41, 5.74) is 0.418. The maximum atomic E-state index is 12.4. The molecule has 1 saturated carbocycles. The first kappa shape index (κ1) is 20.6. The molecule has 2 heterocycles. The molecule has 0 radical (unpaired) electrons. The smallest absolute Gasteiger partial charge is 0.273 e. The van der Waals surface area contributed by atoms with Crippen molar-refractivity contribution in [2.45, 2.75) is 57.5 Å². The molecule has 0 bridgehead atoms. The highest BCUT2D eigenvalue weighted by molar-refractivity contribution is 7.94. The second kappa shape index (κ2) is 9.41. The fourth-order valence-corrected chi connectivity index (χ4v) is 4.26. The minimum Gasteiger partial charge on any atom is -0.360 e. The van der Waals surface area contributed by atoms with Crippen LogP contribution in [-0.4, -0.2) is 76.9 Å². The number of aromatic nitrogens is 1. The summed E-state index contributed by atoms with van der Waals surface area (Å²) in [5.74, 6) is 1.23. The molecule has 2 fully saturated rings. The van der Waals surface area contributed by atoms with Crippen molar-refractivity contribution in [3.8, 4) is 0 Å². The van der Waals surface area contributed by atoms with Crippen LogP contribution in [0.1, 0.15) is 61.7 Å². The molecule has 7 nitrogen and oxygen atoms in total. The molecule has 1 aromatic heterocycles. The van der Waals surface area contributed by atoms with E-state index in [0.717, 1.165) is 57.6 Å². The van der Waals surface area contributed by atoms with Crippen LogP contribution in [0.3, 0.4) is 0 Å². The van der Waals surface area contributed by atoms with Crippen molar-refractivity contribution in [2.24, 2.45) is 0 Å². The molecule has 0 aromatic carbocycles. The fourth-order valence-electron chi connectivity index (χ4n) is 3.31. The number of nitrogens with zero attached hydrogens (tertiary/aromatic N) is 4. The number of nitrogens with one attached hydrogen (secondary N) is 1. The summed E-state index contributed by atoms with van der Waals surface area (Å²) in [6.45, 7) is 8.57. The van der Waals surface area contributed by atoms with Crippen molar-refractivity contribution in [1.82, 2.24) is 24.0 Å². The average Bonchev–Trinajstić information content (AvgIpc) is 3.38. The molecule has 27 heavy (non-hydrogen) atoms. The van der Waals surface area contributed by atoms with E-state index < -0.39 is 0 Å². The van der Waals surface area contributed by atoms with Gasteiger partial charge in [0.1, 0.15) is 5.76 Å². The number of carbonyl (C=O) groups is 1. The van der Waals surface area contributed by atoms with Crippen molar-refractivity contribution in [1.29, 1.82) is 0 Å². The third-order valence-electron chi connectivity index (χ3n) is 5.47. The zero-order chi connectivity index (χ0) is 19.4. The van der Waals surface area contributed by atoms with E-state index in [9.17, 15) is 4.79 Å². The van der Waals surface area contributed by atoms with Gasteiger partial charge in [0.15, 0.2) is 5.69 Å². The number of carbonyl (C=O) groups excluding carboxylic acids is 1. The van der Waals surface area contributed by atoms with Crippen LogP contribution in [0.4, 0.5) is 0 Å². The minimum atomic E-state index is -0.108. The Morgan fingerprint density at radius 3 is 2.81 bits per heavy atom. The maximum Gasteiger partial charge on any atom is 0.273 e. The predicted octanol–water partition coefficient (Wildman–Crippen LogP) is 2.58. The third kappa shape index (κ3) is 5.94. The summed E-state index contributed by atoms with van der Waals surface area (Å²) in [6.07, 6.45) is 4.20. The fraction of sp³-hybridized carbons (Fsp3) is 0.789. The minimum absolute atomic E-state index is 0.108. The number of hydrogen-bond acceptors (Lipinski definition) is 7. The highest BCUT2D eigenvalue weighted by atomic mass is 32.2. The van der Waals surface area contributed by atoms with E-state index in [1.807, 2.05) is 18.2 Å². The SMILES string of the molecule is CCN(C)CCN(C)SN1CCC(NC(=O)c2cc(C3CC3)on2)CC1C. The van der Waals surface area contributed by atoms with Crippen molar-refractivity contribution in [2.75, 3.05) is 40.3 Å². The summed E-state index contributed by atoms with van der Waals surface area (Å²) in [4.78, 5) is 14.8. The molecule has 152 valence electrons. The van der Waals surface area contributed by atoms with Gasteiger partial charge >= 0.3 is 0 Å². The topological polar surface area (TPSA) is 64.8 Å². The van der Waals surface area contributed by atoms with Crippen molar-refractivity contribution < 1.29 is 9.32 Å². The normalized spacial score (nSPS) is 23.9. The first-order valence-electron chi connectivity index (χ1n) is 10.1. The first-order chi connectivity index (χ1) is 13.0. The van der Waals surface area contributed by atoms with E-state index in [1.165, 1.54) is 0 Å². The highest BCUT2D eigenvalue weighted by Crippen LogP contribution is 2.40. The molecule has 1 aliphatic heterocycles. The quantitative estimate of drug-likeness (QED) is 0.645. The van der Waals surface area contributed by atoms with Crippen molar-refractivity contribution in [3.05, 3.63) is 17.5 Å². The van der Waals surface area contributed by atoms with Crippen LogP contribution in [0.5, 0.6) is 0 Å². The molecular weight excluding hydrogens is 362 g/mol. The van der Waals surface area contributed by atoms with E-state index in [0.29, 0.717) is 17.7 Å². The van der Waals surface area contributed by atoms with Gasteiger partial charge in [-0.25, -0.2) is 8.61 Å². The van der Waals surface area contributed by atoms with Crippen LogP contribution in [0.2, 0.25) is 0 Å². The van der Waals surface area contributed by atoms with Crippen LogP contribution in [0.25, 0.3) is 0 Å². The average molecular weight is 396 g/mol. The maximum absolute atomic E-state index is 12.4. The Bertz CT molecular complexity index is 621. The van der Waals surface area contributed by atoms with Crippen LogP contribution >= 0.6 is 12.1 Å².